The first-order chi connectivity index (χ1) is 9.76. The fraction of sp³-hybridized carbons (Fsp3) is 0.188. The highest BCUT2D eigenvalue weighted by Crippen LogP contribution is 2.27. The van der Waals surface area contributed by atoms with E-state index in [0.29, 0.717) is 11.5 Å². The number of benzene rings is 2. The van der Waals surface area contributed by atoms with E-state index in [1.165, 1.54) is 0 Å². The standard InChI is InChI=1S/C16H17NO3/c1-18-14-6-4-5-13(10-14)17-11-12-7-8-15(19-2)16(9-12)20-3/h4-11H,1-3H3. The van der Waals surface area contributed by atoms with Crippen molar-refractivity contribution in [2.45, 2.75) is 0 Å². The van der Waals surface area contributed by atoms with E-state index < -0.39 is 0 Å². The van der Waals surface area contributed by atoms with E-state index in [1.54, 1.807) is 27.5 Å². The zero-order chi connectivity index (χ0) is 14.4. The van der Waals surface area contributed by atoms with Gasteiger partial charge in [-0.05, 0) is 35.9 Å². The Kier molecular flexibility index (Phi) is 4.60. The third-order valence-electron chi connectivity index (χ3n) is 2.82. The molecule has 0 fully saturated rings. The van der Waals surface area contributed by atoms with Crippen LogP contribution in [0.1, 0.15) is 5.56 Å². The molecule has 2 aromatic rings. The van der Waals surface area contributed by atoms with Crippen LogP contribution in [-0.4, -0.2) is 27.5 Å². The van der Waals surface area contributed by atoms with E-state index in [9.17, 15) is 0 Å². The largest absolute Gasteiger partial charge is 0.497 e. The highest BCUT2D eigenvalue weighted by atomic mass is 16.5. The van der Waals surface area contributed by atoms with Crippen molar-refractivity contribution >= 4 is 11.9 Å². The molecule has 0 heterocycles. The van der Waals surface area contributed by atoms with Crippen molar-refractivity contribution in [2.24, 2.45) is 4.99 Å². The summed E-state index contributed by atoms with van der Waals surface area (Å²) in [6.07, 6.45) is 1.77. The zero-order valence-corrected chi connectivity index (χ0v) is 11.8. The number of rotatable bonds is 5. The lowest BCUT2D eigenvalue weighted by atomic mass is 10.2. The van der Waals surface area contributed by atoms with E-state index in [0.717, 1.165) is 17.0 Å². The summed E-state index contributed by atoms with van der Waals surface area (Å²) >= 11 is 0. The number of methoxy groups -OCH3 is 3. The van der Waals surface area contributed by atoms with Gasteiger partial charge in [0.15, 0.2) is 11.5 Å². The molecule has 0 aliphatic heterocycles. The van der Waals surface area contributed by atoms with E-state index in [1.807, 2.05) is 42.5 Å². The Morgan fingerprint density at radius 1 is 0.850 bits per heavy atom. The lowest BCUT2D eigenvalue weighted by Crippen LogP contribution is -1.91. The number of ether oxygens (including phenoxy) is 3. The van der Waals surface area contributed by atoms with Crippen LogP contribution in [0.25, 0.3) is 0 Å². The second kappa shape index (κ2) is 6.61. The molecule has 0 amide bonds. The predicted molar refractivity (Wildman–Crippen MR) is 79.8 cm³/mol. The first kappa shape index (κ1) is 13.9. The number of nitrogens with zero attached hydrogens (tertiary/aromatic N) is 1. The van der Waals surface area contributed by atoms with Crippen molar-refractivity contribution in [3.8, 4) is 17.2 Å². The van der Waals surface area contributed by atoms with Crippen molar-refractivity contribution < 1.29 is 14.2 Å². The smallest absolute Gasteiger partial charge is 0.161 e. The molecule has 0 aliphatic carbocycles. The molecule has 104 valence electrons. The van der Waals surface area contributed by atoms with Gasteiger partial charge in [-0.25, -0.2) is 0 Å². The molecule has 0 saturated heterocycles. The number of aliphatic imine (C=N–C) groups is 1. The second-order valence-corrected chi connectivity index (χ2v) is 4.07. The van der Waals surface area contributed by atoms with Gasteiger partial charge < -0.3 is 14.2 Å². The molecule has 0 atom stereocenters. The van der Waals surface area contributed by atoms with Crippen LogP contribution in [0.4, 0.5) is 5.69 Å². The Morgan fingerprint density at radius 2 is 1.65 bits per heavy atom. The molecule has 0 saturated carbocycles. The Balaban J connectivity index is 2.22. The van der Waals surface area contributed by atoms with Gasteiger partial charge in [-0.15, -0.1) is 0 Å². The van der Waals surface area contributed by atoms with Crippen LogP contribution in [0.5, 0.6) is 17.2 Å². The number of hydrogen-bond donors (Lipinski definition) is 0. The van der Waals surface area contributed by atoms with E-state index in [4.69, 9.17) is 14.2 Å². The minimum absolute atomic E-state index is 0.682. The Morgan fingerprint density at radius 3 is 2.35 bits per heavy atom. The van der Waals surface area contributed by atoms with Crippen LogP contribution in [-0.2, 0) is 0 Å². The molecule has 2 aromatic carbocycles. The zero-order valence-electron chi connectivity index (χ0n) is 11.8. The third kappa shape index (κ3) is 3.29. The van der Waals surface area contributed by atoms with E-state index in [-0.39, 0.29) is 0 Å². The summed E-state index contributed by atoms with van der Waals surface area (Å²) in [5, 5.41) is 0. The molecule has 0 N–H and O–H groups in total. The highest BCUT2D eigenvalue weighted by molar-refractivity contribution is 5.83. The van der Waals surface area contributed by atoms with Crippen LogP contribution >= 0.6 is 0 Å². The molecule has 0 unspecified atom stereocenters. The molecular weight excluding hydrogens is 254 g/mol. The SMILES string of the molecule is COc1cccc(N=Cc2ccc(OC)c(OC)c2)c1. The summed E-state index contributed by atoms with van der Waals surface area (Å²) in [4.78, 5) is 4.41. The van der Waals surface area contributed by atoms with Gasteiger partial charge in [0.1, 0.15) is 5.75 Å². The van der Waals surface area contributed by atoms with Crippen LogP contribution < -0.4 is 14.2 Å². The average Bonchev–Trinajstić information content (AvgIpc) is 2.52. The van der Waals surface area contributed by atoms with Gasteiger partial charge in [-0.1, -0.05) is 6.07 Å². The maximum Gasteiger partial charge on any atom is 0.161 e. The first-order valence-electron chi connectivity index (χ1n) is 6.17. The molecular formula is C16H17NO3. The Labute approximate surface area is 118 Å². The summed E-state index contributed by atoms with van der Waals surface area (Å²) in [5.74, 6) is 2.17. The van der Waals surface area contributed by atoms with Crippen molar-refractivity contribution in [3.05, 3.63) is 48.0 Å². The van der Waals surface area contributed by atoms with Crippen LogP contribution in [0.2, 0.25) is 0 Å². The Bertz CT molecular complexity index is 608. The Hall–Kier alpha value is -2.49. The molecule has 0 bridgehead atoms. The minimum Gasteiger partial charge on any atom is -0.497 e. The fourth-order valence-corrected chi connectivity index (χ4v) is 1.77. The maximum atomic E-state index is 5.26. The summed E-state index contributed by atoms with van der Waals surface area (Å²) < 4.78 is 15.6. The van der Waals surface area contributed by atoms with Gasteiger partial charge in [0.05, 0.1) is 27.0 Å². The summed E-state index contributed by atoms with van der Waals surface area (Å²) in [7, 11) is 4.86. The van der Waals surface area contributed by atoms with Gasteiger partial charge in [0.25, 0.3) is 0 Å². The lowest BCUT2D eigenvalue weighted by Gasteiger charge is -2.07. The van der Waals surface area contributed by atoms with Gasteiger partial charge in [-0.2, -0.15) is 0 Å². The van der Waals surface area contributed by atoms with E-state index in [2.05, 4.69) is 4.99 Å². The predicted octanol–water partition coefficient (Wildman–Crippen LogP) is 3.46. The molecule has 2 rings (SSSR count). The van der Waals surface area contributed by atoms with Crippen molar-refractivity contribution in [1.29, 1.82) is 0 Å². The van der Waals surface area contributed by atoms with Crippen molar-refractivity contribution in [1.82, 2.24) is 0 Å². The third-order valence-corrected chi connectivity index (χ3v) is 2.82. The second-order valence-electron chi connectivity index (χ2n) is 4.07. The quantitative estimate of drug-likeness (QED) is 0.782. The lowest BCUT2D eigenvalue weighted by molar-refractivity contribution is 0.355. The van der Waals surface area contributed by atoms with Crippen LogP contribution in [0, 0.1) is 0 Å². The van der Waals surface area contributed by atoms with Gasteiger partial charge in [0.2, 0.25) is 0 Å². The normalized spacial score (nSPS) is 10.6. The molecule has 20 heavy (non-hydrogen) atoms. The molecule has 4 heteroatoms. The number of hydrogen-bond acceptors (Lipinski definition) is 4. The minimum atomic E-state index is 0.682. The fourth-order valence-electron chi connectivity index (χ4n) is 1.77. The summed E-state index contributed by atoms with van der Waals surface area (Å²) in [5.41, 5.74) is 1.77. The van der Waals surface area contributed by atoms with Crippen molar-refractivity contribution in [3.63, 3.8) is 0 Å². The summed E-state index contributed by atoms with van der Waals surface area (Å²) in [6, 6.07) is 13.2. The van der Waals surface area contributed by atoms with Crippen LogP contribution in [0.15, 0.2) is 47.5 Å². The molecule has 0 spiro atoms. The van der Waals surface area contributed by atoms with Crippen LogP contribution in [0.3, 0.4) is 0 Å². The van der Waals surface area contributed by atoms with E-state index >= 15 is 0 Å². The van der Waals surface area contributed by atoms with Gasteiger partial charge in [0, 0.05) is 12.3 Å². The molecule has 0 radical (unpaired) electrons. The average molecular weight is 271 g/mol. The summed E-state index contributed by atoms with van der Waals surface area (Å²) in [6.45, 7) is 0. The monoisotopic (exact) mass is 271 g/mol. The molecule has 0 aromatic heterocycles. The topological polar surface area (TPSA) is 40.0 Å². The van der Waals surface area contributed by atoms with Gasteiger partial charge in [-0.3, -0.25) is 4.99 Å². The first-order valence-corrected chi connectivity index (χ1v) is 6.17. The maximum absolute atomic E-state index is 5.26. The highest BCUT2D eigenvalue weighted by Gasteiger charge is 2.03. The molecule has 4 nitrogen and oxygen atoms in total. The molecule has 0 aliphatic rings. The van der Waals surface area contributed by atoms with Gasteiger partial charge >= 0.3 is 0 Å². The van der Waals surface area contributed by atoms with Crippen molar-refractivity contribution in [2.75, 3.05) is 21.3 Å².